The molecule has 0 saturated heterocycles. The summed E-state index contributed by atoms with van der Waals surface area (Å²) in [6, 6.07) is 18.2. The second-order valence-corrected chi connectivity index (χ2v) is 8.17. The number of benzene rings is 2. The third-order valence-electron chi connectivity index (χ3n) is 5.93. The average molecular weight is 476 g/mol. The predicted molar refractivity (Wildman–Crippen MR) is 136 cm³/mol. The Labute approximate surface area is 205 Å². The van der Waals surface area contributed by atoms with E-state index in [9.17, 15) is 9.59 Å². The van der Waals surface area contributed by atoms with Crippen molar-refractivity contribution in [3.05, 3.63) is 103 Å². The summed E-state index contributed by atoms with van der Waals surface area (Å²) in [5, 5.41) is 4.46. The summed E-state index contributed by atoms with van der Waals surface area (Å²) < 4.78 is 11.9. The molecule has 0 unspecified atom stereocenters. The molecular formula is C28H20N4O4. The molecule has 0 saturated carbocycles. The van der Waals surface area contributed by atoms with E-state index in [4.69, 9.17) is 9.47 Å². The maximum atomic E-state index is 13.0. The Bertz CT molecular complexity index is 1680. The van der Waals surface area contributed by atoms with Crippen LogP contribution < -0.4 is 14.8 Å². The fourth-order valence-electron chi connectivity index (χ4n) is 4.19. The van der Waals surface area contributed by atoms with E-state index >= 15 is 0 Å². The second-order valence-electron chi connectivity index (χ2n) is 8.17. The van der Waals surface area contributed by atoms with E-state index in [1.165, 1.54) is 12.4 Å². The molecule has 0 radical (unpaired) electrons. The lowest BCUT2D eigenvalue weighted by Gasteiger charge is -2.11. The van der Waals surface area contributed by atoms with Crippen LogP contribution in [0.3, 0.4) is 0 Å². The number of rotatable bonds is 5. The molecule has 1 aliphatic heterocycles. The number of esters is 2. The maximum absolute atomic E-state index is 13.0. The molecule has 8 heteroatoms. The molecule has 36 heavy (non-hydrogen) atoms. The smallest absolute Gasteiger partial charge is 0.343 e. The molecule has 4 heterocycles. The molecule has 0 spiro atoms. The predicted octanol–water partition coefficient (Wildman–Crippen LogP) is 4.88. The number of aromatic amines is 2. The summed E-state index contributed by atoms with van der Waals surface area (Å²) in [6.45, 7) is 0.540. The Hall–Kier alpha value is -5.11. The van der Waals surface area contributed by atoms with Gasteiger partial charge in [0.05, 0.1) is 11.1 Å². The lowest BCUT2D eigenvalue weighted by atomic mass is 10.1. The molecule has 6 rings (SSSR count). The normalized spacial score (nSPS) is 12.8. The van der Waals surface area contributed by atoms with Gasteiger partial charge in [0.1, 0.15) is 11.4 Å². The van der Waals surface area contributed by atoms with Gasteiger partial charge in [0, 0.05) is 40.7 Å². The molecule has 176 valence electrons. The van der Waals surface area contributed by atoms with Crippen LogP contribution in [0.5, 0.6) is 11.5 Å². The number of dihydropyridines is 1. The number of ether oxygens (including phenoxy) is 2. The minimum atomic E-state index is -0.525. The number of aromatic nitrogens is 3. The zero-order valence-corrected chi connectivity index (χ0v) is 18.9. The quantitative estimate of drug-likeness (QED) is 0.312. The van der Waals surface area contributed by atoms with E-state index in [0.717, 1.165) is 21.8 Å². The Morgan fingerprint density at radius 2 is 1.33 bits per heavy atom. The molecule has 8 nitrogen and oxygen atoms in total. The molecule has 3 N–H and O–H groups in total. The minimum Gasteiger partial charge on any atom is -0.420 e. The van der Waals surface area contributed by atoms with Crippen LogP contribution in [-0.2, 0) is 4.79 Å². The zero-order valence-electron chi connectivity index (χ0n) is 18.9. The highest BCUT2D eigenvalue weighted by Crippen LogP contribution is 2.44. The standard InChI is InChI=1S/C28H20N4O4/c33-27(17-9-13-29-14-10-17)35-25-19-5-1-3-7-21(19)31-23(25)24-26(20-6-2-4-8-22(20)32-24)36-28(34)18-11-15-30-16-12-18/h1-15,30-32H,16H2. The number of carbonyl (C=O) groups is 2. The van der Waals surface area contributed by atoms with Crippen LogP contribution in [0, 0.1) is 0 Å². The topological polar surface area (TPSA) is 109 Å². The van der Waals surface area contributed by atoms with Crippen molar-refractivity contribution < 1.29 is 19.1 Å². The first-order chi connectivity index (χ1) is 17.7. The van der Waals surface area contributed by atoms with Crippen LogP contribution in [0.2, 0.25) is 0 Å². The van der Waals surface area contributed by atoms with Gasteiger partial charge in [-0.25, -0.2) is 9.59 Å². The summed E-state index contributed by atoms with van der Waals surface area (Å²) >= 11 is 0. The maximum Gasteiger partial charge on any atom is 0.343 e. The van der Waals surface area contributed by atoms with Gasteiger partial charge in [0.25, 0.3) is 0 Å². The highest BCUT2D eigenvalue weighted by atomic mass is 16.5. The largest absolute Gasteiger partial charge is 0.420 e. The van der Waals surface area contributed by atoms with Crippen molar-refractivity contribution in [3.8, 4) is 22.9 Å². The van der Waals surface area contributed by atoms with Gasteiger partial charge < -0.3 is 24.8 Å². The number of nitrogens with one attached hydrogen (secondary N) is 3. The first-order valence-electron chi connectivity index (χ1n) is 11.4. The molecular weight excluding hydrogens is 456 g/mol. The van der Waals surface area contributed by atoms with Gasteiger partial charge in [-0.15, -0.1) is 0 Å². The van der Waals surface area contributed by atoms with E-state index in [-0.39, 0.29) is 0 Å². The van der Waals surface area contributed by atoms with E-state index in [2.05, 4.69) is 20.3 Å². The van der Waals surface area contributed by atoms with E-state index in [1.54, 1.807) is 30.5 Å². The third kappa shape index (κ3) is 3.80. The molecule has 2 aromatic carbocycles. The Morgan fingerprint density at radius 1 is 0.750 bits per heavy atom. The van der Waals surface area contributed by atoms with E-state index in [1.807, 2.05) is 48.5 Å². The fourth-order valence-corrected chi connectivity index (χ4v) is 4.19. The fraction of sp³-hybridized carbons (Fsp3) is 0.0357. The number of hydrogen-bond acceptors (Lipinski definition) is 6. The van der Waals surface area contributed by atoms with Gasteiger partial charge in [0.2, 0.25) is 0 Å². The van der Waals surface area contributed by atoms with Crippen molar-refractivity contribution in [1.82, 2.24) is 20.3 Å². The number of H-pyrrole nitrogens is 2. The molecule has 0 fully saturated rings. The number of carbonyl (C=O) groups excluding carboxylic acids is 2. The van der Waals surface area contributed by atoms with Crippen LogP contribution in [0.4, 0.5) is 0 Å². The Morgan fingerprint density at radius 3 is 1.92 bits per heavy atom. The molecule has 0 bridgehead atoms. The van der Waals surface area contributed by atoms with E-state index < -0.39 is 11.9 Å². The number of para-hydroxylation sites is 2. The summed E-state index contributed by atoms with van der Waals surface area (Å²) in [4.78, 5) is 36.7. The Balaban J connectivity index is 1.50. The van der Waals surface area contributed by atoms with E-state index in [0.29, 0.717) is 40.6 Å². The summed E-state index contributed by atoms with van der Waals surface area (Å²) in [6.07, 6.45) is 8.21. The van der Waals surface area contributed by atoms with Crippen molar-refractivity contribution in [3.63, 3.8) is 0 Å². The summed E-state index contributed by atoms with van der Waals surface area (Å²) in [7, 11) is 0. The van der Waals surface area contributed by atoms with Gasteiger partial charge in [0.15, 0.2) is 11.5 Å². The molecule has 1 aliphatic rings. The highest BCUT2D eigenvalue weighted by molar-refractivity contribution is 6.04. The van der Waals surface area contributed by atoms with Gasteiger partial charge in [-0.3, -0.25) is 4.98 Å². The monoisotopic (exact) mass is 476 g/mol. The van der Waals surface area contributed by atoms with Crippen LogP contribution in [0.15, 0.2) is 97.0 Å². The summed E-state index contributed by atoms with van der Waals surface area (Å²) in [5.74, 6) is -0.332. The molecule has 0 atom stereocenters. The molecule has 0 amide bonds. The number of nitrogens with zero attached hydrogens (tertiary/aromatic N) is 1. The van der Waals surface area contributed by atoms with Crippen molar-refractivity contribution in [2.45, 2.75) is 0 Å². The number of fused-ring (bicyclic) bond motifs is 2. The van der Waals surface area contributed by atoms with Crippen molar-refractivity contribution in [2.75, 3.05) is 6.54 Å². The lowest BCUT2D eigenvalue weighted by molar-refractivity contribution is -0.129. The van der Waals surface area contributed by atoms with Crippen LogP contribution in [-0.4, -0.2) is 33.4 Å². The zero-order chi connectivity index (χ0) is 24.5. The van der Waals surface area contributed by atoms with Gasteiger partial charge >= 0.3 is 11.9 Å². The van der Waals surface area contributed by atoms with Crippen molar-refractivity contribution in [1.29, 1.82) is 0 Å². The highest BCUT2D eigenvalue weighted by Gasteiger charge is 2.26. The third-order valence-corrected chi connectivity index (χ3v) is 5.93. The van der Waals surface area contributed by atoms with Crippen LogP contribution >= 0.6 is 0 Å². The number of hydrogen-bond donors (Lipinski definition) is 3. The van der Waals surface area contributed by atoms with Crippen LogP contribution in [0.1, 0.15) is 10.4 Å². The lowest BCUT2D eigenvalue weighted by Crippen LogP contribution is -2.17. The first kappa shape index (κ1) is 21.4. The van der Waals surface area contributed by atoms with Gasteiger partial charge in [-0.1, -0.05) is 30.3 Å². The molecule has 5 aromatic rings. The minimum absolute atomic E-state index is 0.331. The van der Waals surface area contributed by atoms with Gasteiger partial charge in [-0.2, -0.15) is 0 Å². The molecule has 3 aromatic heterocycles. The van der Waals surface area contributed by atoms with Crippen molar-refractivity contribution in [2.24, 2.45) is 0 Å². The number of pyridine rings is 1. The van der Waals surface area contributed by atoms with Crippen LogP contribution in [0.25, 0.3) is 33.2 Å². The second kappa shape index (κ2) is 8.92. The first-order valence-corrected chi connectivity index (χ1v) is 11.4. The average Bonchev–Trinajstić information content (AvgIpc) is 3.48. The SMILES string of the molecule is O=C(Oc1c(-c2[nH]c3ccccc3c2OC(=O)c2ccncc2)[nH]c2ccccc12)C1=CCNC=C1. The van der Waals surface area contributed by atoms with Gasteiger partial charge in [-0.05, 0) is 48.7 Å². The summed E-state index contributed by atoms with van der Waals surface area (Å²) in [5.41, 5.74) is 3.35. The Kier molecular flexibility index (Phi) is 5.31. The van der Waals surface area contributed by atoms with Crippen molar-refractivity contribution >= 4 is 33.7 Å². The molecule has 0 aliphatic carbocycles.